The fourth-order valence-electron chi connectivity index (χ4n) is 1.68. The summed E-state index contributed by atoms with van der Waals surface area (Å²) in [5, 5.41) is 7.38. The van der Waals surface area contributed by atoms with E-state index in [1.807, 2.05) is 30.3 Å². The Kier molecular flexibility index (Phi) is 3.52. The number of halogens is 1. The summed E-state index contributed by atoms with van der Waals surface area (Å²) in [6.45, 7) is 0. The average molecular weight is 274 g/mol. The van der Waals surface area contributed by atoms with Crippen molar-refractivity contribution in [2.24, 2.45) is 0 Å². The standard InChI is InChI=1S/C14H12BrN/c15-14-7-6-12(10-16)13(9-14)8-11-4-2-1-3-5-11/h1-7,9-10,16H,8H2. The van der Waals surface area contributed by atoms with Gasteiger partial charge in [-0.25, -0.2) is 0 Å². The van der Waals surface area contributed by atoms with Crippen molar-refractivity contribution in [3.63, 3.8) is 0 Å². The van der Waals surface area contributed by atoms with Crippen molar-refractivity contribution in [2.45, 2.75) is 6.42 Å². The Hall–Kier alpha value is -1.41. The van der Waals surface area contributed by atoms with Gasteiger partial charge in [-0.2, -0.15) is 0 Å². The summed E-state index contributed by atoms with van der Waals surface area (Å²) in [5.41, 5.74) is 3.42. The molecule has 80 valence electrons. The molecule has 0 spiro atoms. The third-order valence-electron chi connectivity index (χ3n) is 2.50. The van der Waals surface area contributed by atoms with E-state index in [4.69, 9.17) is 5.41 Å². The lowest BCUT2D eigenvalue weighted by Crippen LogP contribution is -1.94. The number of hydrogen-bond acceptors (Lipinski definition) is 1. The maximum absolute atomic E-state index is 7.38. The van der Waals surface area contributed by atoms with Crippen molar-refractivity contribution in [3.8, 4) is 0 Å². The highest BCUT2D eigenvalue weighted by Gasteiger charge is 2.02. The summed E-state index contributed by atoms with van der Waals surface area (Å²) in [6.07, 6.45) is 2.27. The lowest BCUT2D eigenvalue weighted by atomic mass is 10.0. The Balaban J connectivity index is 2.33. The predicted molar refractivity (Wildman–Crippen MR) is 71.3 cm³/mol. The molecule has 1 nitrogen and oxygen atoms in total. The molecule has 0 amide bonds. The second kappa shape index (κ2) is 5.08. The van der Waals surface area contributed by atoms with Gasteiger partial charge in [0.05, 0.1) is 0 Å². The molecular formula is C14H12BrN. The summed E-state index contributed by atoms with van der Waals surface area (Å²) in [4.78, 5) is 0. The molecule has 0 saturated heterocycles. The van der Waals surface area contributed by atoms with Gasteiger partial charge in [-0.05, 0) is 35.2 Å². The van der Waals surface area contributed by atoms with Crippen LogP contribution in [-0.2, 0) is 6.42 Å². The van der Waals surface area contributed by atoms with Crippen molar-refractivity contribution >= 4 is 22.1 Å². The SMILES string of the molecule is N=Cc1ccc(Br)cc1Cc1ccccc1. The normalized spacial score (nSPS) is 10.1. The van der Waals surface area contributed by atoms with Crippen LogP contribution in [0.2, 0.25) is 0 Å². The molecule has 0 bridgehead atoms. The Morgan fingerprint density at radius 2 is 1.81 bits per heavy atom. The van der Waals surface area contributed by atoms with Crippen molar-refractivity contribution in [1.29, 1.82) is 5.41 Å². The van der Waals surface area contributed by atoms with E-state index in [2.05, 4.69) is 34.1 Å². The quantitative estimate of drug-likeness (QED) is 0.817. The predicted octanol–water partition coefficient (Wildman–Crippen LogP) is 4.04. The van der Waals surface area contributed by atoms with Gasteiger partial charge in [-0.3, -0.25) is 0 Å². The first kappa shape index (κ1) is 11.1. The van der Waals surface area contributed by atoms with E-state index in [9.17, 15) is 0 Å². The summed E-state index contributed by atoms with van der Waals surface area (Å²) in [7, 11) is 0. The second-order valence-corrected chi connectivity index (χ2v) is 4.57. The summed E-state index contributed by atoms with van der Waals surface area (Å²) < 4.78 is 1.06. The van der Waals surface area contributed by atoms with Crippen LogP contribution in [0.5, 0.6) is 0 Å². The summed E-state index contributed by atoms with van der Waals surface area (Å²) in [6, 6.07) is 16.3. The van der Waals surface area contributed by atoms with E-state index in [0.717, 1.165) is 16.5 Å². The van der Waals surface area contributed by atoms with Gasteiger partial charge < -0.3 is 5.41 Å². The van der Waals surface area contributed by atoms with Gasteiger partial charge in [0, 0.05) is 10.7 Å². The van der Waals surface area contributed by atoms with Crippen LogP contribution < -0.4 is 0 Å². The molecule has 0 aliphatic rings. The molecule has 0 aliphatic heterocycles. The largest absolute Gasteiger partial charge is 0.308 e. The Morgan fingerprint density at radius 3 is 2.50 bits per heavy atom. The molecule has 0 aromatic heterocycles. The van der Waals surface area contributed by atoms with Crippen LogP contribution in [0.3, 0.4) is 0 Å². The highest BCUT2D eigenvalue weighted by Crippen LogP contribution is 2.18. The minimum Gasteiger partial charge on any atom is -0.308 e. The van der Waals surface area contributed by atoms with Crippen molar-refractivity contribution in [2.75, 3.05) is 0 Å². The van der Waals surface area contributed by atoms with E-state index >= 15 is 0 Å². The van der Waals surface area contributed by atoms with Gasteiger partial charge in [0.15, 0.2) is 0 Å². The van der Waals surface area contributed by atoms with Gasteiger partial charge >= 0.3 is 0 Å². The van der Waals surface area contributed by atoms with Crippen molar-refractivity contribution in [1.82, 2.24) is 0 Å². The van der Waals surface area contributed by atoms with Crippen molar-refractivity contribution < 1.29 is 0 Å². The molecule has 0 saturated carbocycles. The van der Waals surface area contributed by atoms with Gasteiger partial charge in [0.2, 0.25) is 0 Å². The average Bonchev–Trinajstić information content (AvgIpc) is 2.31. The van der Waals surface area contributed by atoms with E-state index < -0.39 is 0 Å². The highest BCUT2D eigenvalue weighted by molar-refractivity contribution is 9.10. The topological polar surface area (TPSA) is 23.9 Å². The molecule has 0 aliphatic carbocycles. The fourth-order valence-corrected chi connectivity index (χ4v) is 2.09. The highest BCUT2D eigenvalue weighted by atomic mass is 79.9. The van der Waals surface area contributed by atoms with Crippen LogP contribution in [0.4, 0.5) is 0 Å². The Labute approximate surface area is 104 Å². The van der Waals surface area contributed by atoms with E-state index in [0.29, 0.717) is 0 Å². The smallest absolute Gasteiger partial charge is 0.0253 e. The van der Waals surface area contributed by atoms with Gasteiger partial charge in [-0.15, -0.1) is 0 Å². The van der Waals surface area contributed by atoms with Crippen LogP contribution in [-0.4, -0.2) is 6.21 Å². The minimum absolute atomic E-state index is 0.866. The zero-order chi connectivity index (χ0) is 11.4. The third-order valence-corrected chi connectivity index (χ3v) is 2.99. The minimum atomic E-state index is 0.866. The van der Waals surface area contributed by atoms with Crippen LogP contribution in [0.25, 0.3) is 0 Å². The van der Waals surface area contributed by atoms with Gasteiger partial charge in [0.1, 0.15) is 0 Å². The molecule has 1 N–H and O–H groups in total. The zero-order valence-corrected chi connectivity index (χ0v) is 10.4. The first-order chi connectivity index (χ1) is 7.79. The fraction of sp³-hybridized carbons (Fsp3) is 0.0714. The maximum atomic E-state index is 7.38. The molecule has 0 fully saturated rings. The Bertz CT molecular complexity index is 491. The molecule has 0 atom stereocenters. The Morgan fingerprint density at radius 1 is 1.06 bits per heavy atom. The first-order valence-electron chi connectivity index (χ1n) is 5.12. The zero-order valence-electron chi connectivity index (χ0n) is 8.78. The number of nitrogens with one attached hydrogen (secondary N) is 1. The lowest BCUT2D eigenvalue weighted by molar-refractivity contribution is 1.18. The molecule has 0 heterocycles. The van der Waals surface area contributed by atoms with Crippen LogP contribution >= 0.6 is 15.9 Å². The second-order valence-electron chi connectivity index (χ2n) is 3.65. The van der Waals surface area contributed by atoms with Crippen LogP contribution in [0.15, 0.2) is 53.0 Å². The molecule has 2 heteroatoms. The summed E-state index contributed by atoms with van der Waals surface area (Å²) in [5.74, 6) is 0. The van der Waals surface area contributed by atoms with Gasteiger partial charge in [-0.1, -0.05) is 52.3 Å². The molecular weight excluding hydrogens is 262 g/mol. The van der Waals surface area contributed by atoms with E-state index in [1.54, 1.807) is 0 Å². The maximum Gasteiger partial charge on any atom is 0.0253 e. The van der Waals surface area contributed by atoms with Crippen LogP contribution in [0, 0.1) is 5.41 Å². The molecule has 2 aromatic rings. The summed E-state index contributed by atoms with van der Waals surface area (Å²) >= 11 is 3.46. The third kappa shape index (κ3) is 2.58. The van der Waals surface area contributed by atoms with Gasteiger partial charge in [0.25, 0.3) is 0 Å². The molecule has 0 unspecified atom stereocenters. The van der Waals surface area contributed by atoms with Crippen molar-refractivity contribution in [3.05, 3.63) is 69.7 Å². The monoisotopic (exact) mass is 273 g/mol. The van der Waals surface area contributed by atoms with E-state index in [1.165, 1.54) is 17.3 Å². The number of rotatable bonds is 3. The molecule has 2 aromatic carbocycles. The first-order valence-corrected chi connectivity index (χ1v) is 5.92. The lowest BCUT2D eigenvalue weighted by Gasteiger charge is -2.06. The van der Waals surface area contributed by atoms with E-state index in [-0.39, 0.29) is 0 Å². The molecule has 2 rings (SSSR count). The van der Waals surface area contributed by atoms with Crippen LogP contribution in [0.1, 0.15) is 16.7 Å². The number of benzene rings is 2. The number of hydrogen-bond donors (Lipinski definition) is 1. The molecule has 0 radical (unpaired) electrons. The molecule has 16 heavy (non-hydrogen) atoms.